The van der Waals surface area contributed by atoms with E-state index in [-0.39, 0.29) is 44.0 Å². The van der Waals surface area contributed by atoms with Crippen molar-refractivity contribution in [1.82, 2.24) is 15.5 Å². The molecule has 0 unspecified atom stereocenters. The summed E-state index contributed by atoms with van der Waals surface area (Å²) in [7, 11) is 0. The van der Waals surface area contributed by atoms with Crippen LogP contribution in [0.5, 0.6) is 0 Å². The molecule has 1 aliphatic rings. The molecule has 1 aromatic carbocycles. The SMILES string of the molecule is CC(C)(C)OC[C@@H]1C(=O)NCCN1C(=O)C[C@@H](Cc1cc(F)c(F)cc1F)NC(=O)OC(C)(C)C. The molecule has 196 valence electrons. The Morgan fingerprint density at radius 2 is 1.71 bits per heavy atom. The lowest BCUT2D eigenvalue weighted by Gasteiger charge is -2.37. The second kappa shape index (κ2) is 11.3. The average molecular weight is 502 g/mol. The van der Waals surface area contributed by atoms with Gasteiger partial charge in [0.2, 0.25) is 11.8 Å². The summed E-state index contributed by atoms with van der Waals surface area (Å²) in [6.45, 7) is 10.8. The standard InChI is InChI=1S/C24H34F3N3O5/c1-23(2,3)34-13-19-21(32)28-7-8-30(19)20(31)11-15(29-22(33)35-24(4,5)6)9-14-10-17(26)18(27)12-16(14)25/h10,12,15,19H,7-9,11,13H2,1-6H3,(H,28,32)(H,29,33)/t15-,19-/m1/s1. The number of amides is 3. The Bertz CT molecular complexity index is 944. The molecule has 0 aromatic heterocycles. The van der Waals surface area contributed by atoms with Crippen LogP contribution in [0.15, 0.2) is 12.1 Å². The highest BCUT2D eigenvalue weighted by molar-refractivity contribution is 5.89. The Morgan fingerprint density at radius 3 is 2.31 bits per heavy atom. The minimum absolute atomic E-state index is 0.0387. The molecule has 1 fully saturated rings. The van der Waals surface area contributed by atoms with Gasteiger partial charge in [-0.1, -0.05) is 0 Å². The van der Waals surface area contributed by atoms with Crippen molar-refractivity contribution in [1.29, 1.82) is 0 Å². The minimum Gasteiger partial charge on any atom is -0.444 e. The molecule has 1 aliphatic heterocycles. The number of halogens is 3. The molecular formula is C24H34F3N3O5. The quantitative estimate of drug-likeness (QED) is 0.560. The summed E-state index contributed by atoms with van der Waals surface area (Å²) < 4.78 is 52.3. The summed E-state index contributed by atoms with van der Waals surface area (Å²) in [5.41, 5.74) is -1.61. The number of hydrogen-bond donors (Lipinski definition) is 2. The molecule has 0 spiro atoms. The number of nitrogens with zero attached hydrogens (tertiary/aromatic N) is 1. The van der Waals surface area contributed by atoms with Crippen molar-refractivity contribution in [2.24, 2.45) is 0 Å². The largest absolute Gasteiger partial charge is 0.444 e. The lowest BCUT2D eigenvalue weighted by molar-refractivity contribution is -0.148. The van der Waals surface area contributed by atoms with Crippen molar-refractivity contribution < 1.29 is 37.0 Å². The fourth-order valence-electron chi connectivity index (χ4n) is 3.47. The second-order valence-electron chi connectivity index (χ2n) is 10.4. The topological polar surface area (TPSA) is 97.0 Å². The molecule has 1 saturated heterocycles. The number of alkyl carbamates (subject to hydrolysis) is 1. The number of rotatable bonds is 7. The van der Waals surface area contributed by atoms with Crippen molar-refractivity contribution in [3.63, 3.8) is 0 Å². The fourth-order valence-corrected chi connectivity index (χ4v) is 3.47. The lowest BCUT2D eigenvalue weighted by atomic mass is 10.0. The van der Waals surface area contributed by atoms with Crippen LogP contribution in [0.2, 0.25) is 0 Å². The molecule has 3 amide bonds. The van der Waals surface area contributed by atoms with E-state index in [0.29, 0.717) is 12.1 Å². The minimum atomic E-state index is -1.35. The molecule has 0 saturated carbocycles. The van der Waals surface area contributed by atoms with Gasteiger partial charge in [0.15, 0.2) is 11.6 Å². The van der Waals surface area contributed by atoms with Gasteiger partial charge < -0.3 is 25.0 Å². The van der Waals surface area contributed by atoms with Crippen LogP contribution in [0.25, 0.3) is 0 Å². The van der Waals surface area contributed by atoms with E-state index < -0.39 is 52.7 Å². The molecule has 11 heteroatoms. The third kappa shape index (κ3) is 9.04. The van der Waals surface area contributed by atoms with E-state index in [4.69, 9.17) is 9.47 Å². The normalized spacial score (nSPS) is 17.6. The predicted molar refractivity (Wildman–Crippen MR) is 122 cm³/mol. The summed E-state index contributed by atoms with van der Waals surface area (Å²) in [6, 6.07) is -0.817. The number of carbonyl (C=O) groups excluding carboxylic acids is 3. The Hall–Kier alpha value is -2.82. The highest BCUT2D eigenvalue weighted by atomic mass is 19.2. The molecule has 2 rings (SSSR count). The smallest absolute Gasteiger partial charge is 0.407 e. The number of benzene rings is 1. The van der Waals surface area contributed by atoms with E-state index in [9.17, 15) is 27.6 Å². The molecule has 0 aliphatic carbocycles. The second-order valence-corrected chi connectivity index (χ2v) is 10.4. The number of piperazine rings is 1. The molecule has 0 radical (unpaired) electrons. The lowest BCUT2D eigenvalue weighted by Crippen LogP contribution is -2.60. The van der Waals surface area contributed by atoms with Gasteiger partial charge in [0.1, 0.15) is 17.5 Å². The highest BCUT2D eigenvalue weighted by Crippen LogP contribution is 2.19. The van der Waals surface area contributed by atoms with Crippen molar-refractivity contribution in [2.75, 3.05) is 19.7 Å². The van der Waals surface area contributed by atoms with Crippen molar-refractivity contribution >= 4 is 17.9 Å². The third-order valence-electron chi connectivity index (χ3n) is 5.02. The van der Waals surface area contributed by atoms with Gasteiger partial charge in [-0.05, 0) is 59.6 Å². The van der Waals surface area contributed by atoms with Crippen LogP contribution in [0, 0.1) is 17.5 Å². The number of carbonyl (C=O) groups is 3. The zero-order valence-corrected chi connectivity index (χ0v) is 21.0. The molecule has 8 nitrogen and oxygen atoms in total. The Balaban J connectivity index is 2.24. The first-order valence-electron chi connectivity index (χ1n) is 11.4. The summed E-state index contributed by atoms with van der Waals surface area (Å²) >= 11 is 0. The van der Waals surface area contributed by atoms with Crippen LogP contribution >= 0.6 is 0 Å². The molecule has 2 atom stereocenters. The van der Waals surface area contributed by atoms with Crippen LogP contribution < -0.4 is 10.6 Å². The number of ether oxygens (including phenoxy) is 2. The maximum absolute atomic E-state index is 14.3. The monoisotopic (exact) mass is 501 g/mol. The van der Waals surface area contributed by atoms with E-state index in [1.165, 1.54) is 4.90 Å². The molecular weight excluding hydrogens is 467 g/mol. The first-order valence-corrected chi connectivity index (χ1v) is 11.4. The third-order valence-corrected chi connectivity index (χ3v) is 5.02. The van der Waals surface area contributed by atoms with E-state index in [1.807, 2.05) is 20.8 Å². The fraction of sp³-hybridized carbons (Fsp3) is 0.625. The Morgan fingerprint density at radius 1 is 1.09 bits per heavy atom. The molecule has 35 heavy (non-hydrogen) atoms. The van der Waals surface area contributed by atoms with Gasteiger partial charge in [0.05, 0.1) is 12.2 Å². The number of hydrogen-bond acceptors (Lipinski definition) is 5. The average Bonchev–Trinajstić information content (AvgIpc) is 2.68. The first-order chi connectivity index (χ1) is 16.1. The van der Waals surface area contributed by atoms with Crippen LogP contribution in [0.1, 0.15) is 53.5 Å². The maximum Gasteiger partial charge on any atom is 0.407 e. The summed E-state index contributed by atoms with van der Waals surface area (Å²) in [5, 5.41) is 5.21. The zero-order valence-electron chi connectivity index (χ0n) is 21.0. The predicted octanol–water partition coefficient (Wildman–Crippen LogP) is 3.07. The van der Waals surface area contributed by atoms with Gasteiger partial charge in [0, 0.05) is 31.6 Å². The van der Waals surface area contributed by atoms with Gasteiger partial charge in [-0.3, -0.25) is 9.59 Å². The van der Waals surface area contributed by atoms with Crippen molar-refractivity contribution in [3.05, 3.63) is 35.1 Å². The van der Waals surface area contributed by atoms with Crippen LogP contribution in [0.4, 0.5) is 18.0 Å². The van der Waals surface area contributed by atoms with Crippen LogP contribution in [0.3, 0.4) is 0 Å². The van der Waals surface area contributed by atoms with E-state index >= 15 is 0 Å². The molecule has 1 aromatic rings. The van der Waals surface area contributed by atoms with Crippen molar-refractivity contribution in [2.45, 2.75) is 77.7 Å². The first kappa shape index (κ1) is 28.4. The Kier molecular flexibility index (Phi) is 9.16. The van der Waals surface area contributed by atoms with E-state index in [1.54, 1.807) is 20.8 Å². The van der Waals surface area contributed by atoms with Gasteiger partial charge in [-0.25, -0.2) is 18.0 Å². The molecule has 0 bridgehead atoms. The van der Waals surface area contributed by atoms with Crippen molar-refractivity contribution in [3.8, 4) is 0 Å². The highest BCUT2D eigenvalue weighted by Gasteiger charge is 2.35. The van der Waals surface area contributed by atoms with E-state index in [2.05, 4.69) is 10.6 Å². The summed E-state index contributed by atoms with van der Waals surface area (Å²) in [5.74, 6) is -4.49. The molecule has 2 N–H and O–H groups in total. The number of nitrogens with one attached hydrogen (secondary N) is 2. The van der Waals surface area contributed by atoms with E-state index in [0.717, 1.165) is 0 Å². The Labute approximate surface area is 203 Å². The molecule has 1 heterocycles. The zero-order chi connectivity index (χ0) is 26.6. The van der Waals surface area contributed by atoms with Gasteiger partial charge in [-0.15, -0.1) is 0 Å². The maximum atomic E-state index is 14.3. The van der Waals surface area contributed by atoms with Gasteiger partial charge >= 0.3 is 6.09 Å². The van der Waals surface area contributed by atoms with Crippen LogP contribution in [-0.2, 0) is 25.5 Å². The summed E-state index contributed by atoms with van der Waals surface area (Å²) in [6.07, 6.45) is -1.50. The van der Waals surface area contributed by atoms with Gasteiger partial charge in [-0.2, -0.15) is 0 Å². The van der Waals surface area contributed by atoms with Crippen LogP contribution in [-0.4, -0.2) is 65.8 Å². The summed E-state index contributed by atoms with van der Waals surface area (Å²) in [4.78, 5) is 39.4. The van der Waals surface area contributed by atoms with Gasteiger partial charge in [0.25, 0.3) is 0 Å².